The van der Waals surface area contributed by atoms with Crippen LogP contribution in [0.1, 0.15) is 87.5 Å². The van der Waals surface area contributed by atoms with E-state index < -0.39 is 42.0 Å². The molecule has 0 bridgehead atoms. The van der Waals surface area contributed by atoms with Gasteiger partial charge in [0.1, 0.15) is 0 Å². The van der Waals surface area contributed by atoms with Gasteiger partial charge in [-0.3, -0.25) is 0 Å². The van der Waals surface area contributed by atoms with E-state index in [2.05, 4.69) is 142 Å². The van der Waals surface area contributed by atoms with Crippen LogP contribution in [0.2, 0.25) is 48.9 Å². The first-order valence-electron chi connectivity index (χ1n) is 19.9. The number of methoxy groups -OCH3 is 1. The summed E-state index contributed by atoms with van der Waals surface area (Å²) in [6.45, 7) is 29.5. The van der Waals surface area contributed by atoms with E-state index in [1.807, 2.05) is 0 Å². The Labute approximate surface area is 321 Å². The molecule has 0 radical (unpaired) electrons. The van der Waals surface area contributed by atoms with Crippen LogP contribution in [0.25, 0.3) is 0 Å². The highest BCUT2D eigenvalue weighted by atomic mass is 28.4. The summed E-state index contributed by atoms with van der Waals surface area (Å²) in [4.78, 5) is 0. The molecule has 0 aromatic heterocycles. The third kappa shape index (κ3) is 10.5. The summed E-state index contributed by atoms with van der Waals surface area (Å²) in [6.07, 6.45) is 1.22. The molecular formula is C43H74O6Si3. The van der Waals surface area contributed by atoms with Crippen molar-refractivity contribution < 1.29 is 28.5 Å². The SMILES string of the molecule is C=C(C[C@@H](C[C@]1(OC)O[C@H](C[C@H](CCO)O[Si](c2ccccc2)(c2ccccc2)C(C)(C)C)C[C@H](O)C1(C)C)O[Si](CC)(CC)CC)C[Si](C)(C)C. The maximum atomic E-state index is 12.0. The van der Waals surface area contributed by atoms with Gasteiger partial charge in [-0.2, -0.15) is 0 Å². The second kappa shape index (κ2) is 18.5. The lowest BCUT2D eigenvalue weighted by atomic mass is 9.70. The monoisotopic (exact) mass is 770 g/mol. The predicted molar refractivity (Wildman–Crippen MR) is 226 cm³/mol. The maximum absolute atomic E-state index is 12.0. The number of aliphatic hydroxyl groups excluding tert-OH is 2. The molecular weight excluding hydrogens is 697 g/mol. The molecule has 1 heterocycles. The molecule has 294 valence electrons. The fourth-order valence-electron chi connectivity index (χ4n) is 8.67. The molecule has 0 spiro atoms. The van der Waals surface area contributed by atoms with Crippen molar-refractivity contribution in [3.8, 4) is 0 Å². The van der Waals surface area contributed by atoms with Gasteiger partial charge >= 0.3 is 0 Å². The van der Waals surface area contributed by atoms with Crippen LogP contribution < -0.4 is 10.4 Å². The van der Waals surface area contributed by atoms with Crippen molar-refractivity contribution in [1.29, 1.82) is 0 Å². The van der Waals surface area contributed by atoms with Crippen LogP contribution in [-0.4, -0.2) is 78.8 Å². The zero-order chi connectivity index (χ0) is 39.0. The van der Waals surface area contributed by atoms with E-state index in [1.54, 1.807) is 7.11 Å². The van der Waals surface area contributed by atoms with Crippen molar-refractivity contribution in [3.63, 3.8) is 0 Å². The lowest BCUT2D eigenvalue weighted by Gasteiger charge is -2.55. The van der Waals surface area contributed by atoms with Crippen molar-refractivity contribution in [3.05, 3.63) is 72.8 Å². The predicted octanol–water partition coefficient (Wildman–Crippen LogP) is 9.29. The third-order valence-corrected chi connectivity index (χ3v) is 23.2. The van der Waals surface area contributed by atoms with E-state index in [1.165, 1.54) is 15.9 Å². The fourth-order valence-corrected chi connectivity index (χ4v) is 17.9. The van der Waals surface area contributed by atoms with Crippen molar-refractivity contribution in [2.75, 3.05) is 13.7 Å². The number of hydrogen-bond donors (Lipinski definition) is 2. The summed E-state index contributed by atoms with van der Waals surface area (Å²) in [5.74, 6) is -1.10. The van der Waals surface area contributed by atoms with Gasteiger partial charge in [0.15, 0.2) is 14.1 Å². The molecule has 1 fully saturated rings. The van der Waals surface area contributed by atoms with Gasteiger partial charge in [-0.25, -0.2) is 0 Å². The highest BCUT2D eigenvalue weighted by Crippen LogP contribution is 2.50. The smallest absolute Gasteiger partial charge is 0.261 e. The molecule has 1 aliphatic heterocycles. The lowest BCUT2D eigenvalue weighted by Crippen LogP contribution is -2.68. The standard InChI is InChI=1S/C43H74O6Si3/c1-14-51(15-2,16-3)48-37(29-34(4)33-50(11,12)13)32-43(46-10)42(8,9)40(45)31-36(47-43)30-35(27-28-44)49-52(41(5,6)7,38-23-19-17-20-24-38)39-25-21-18-22-26-39/h17-26,35-37,40,44-45H,4,14-16,27-33H2,1-3,5-13H3/t35-,36+,37-,40-,43-/m0/s1. The minimum atomic E-state index is -2.91. The molecule has 0 amide bonds. The molecule has 2 aromatic carbocycles. The van der Waals surface area contributed by atoms with E-state index in [0.717, 1.165) is 30.6 Å². The number of ether oxygens (including phenoxy) is 2. The average molecular weight is 771 g/mol. The van der Waals surface area contributed by atoms with Crippen LogP contribution in [0.3, 0.4) is 0 Å². The highest BCUT2D eigenvalue weighted by molar-refractivity contribution is 6.99. The Morgan fingerprint density at radius 2 is 1.42 bits per heavy atom. The molecule has 2 aromatic rings. The van der Waals surface area contributed by atoms with Gasteiger partial charge in [-0.1, -0.05) is 141 Å². The van der Waals surface area contributed by atoms with Crippen LogP contribution in [0.4, 0.5) is 0 Å². The zero-order valence-electron chi connectivity index (χ0n) is 34.9. The van der Waals surface area contributed by atoms with Gasteiger partial charge < -0.3 is 28.5 Å². The lowest BCUT2D eigenvalue weighted by molar-refractivity contribution is -0.355. The van der Waals surface area contributed by atoms with Crippen LogP contribution in [0, 0.1) is 5.41 Å². The van der Waals surface area contributed by atoms with E-state index >= 15 is 0 Å². The Kier molecular flexibility index (Phi) is 16.0. The summed E-state index contributed by atoms with van der Waals surface area (Å²) >= 11 is 0. The molecule has 0 unspecified atom stereocenters. The first-order valence-corrected chi connectivity index (χ1v) is 28.1. The topological polar surface area (TPSA) is 77.4 Å². The molecule has 1 saturated heterocycles. The van der Waals surface area contributed by atoms with Crippen molar-refractivity contribution in [2.45, 2.75) is 167 Å². The van der Waals surface area contributed by atoms with Crippen molar-refractivity contribution >= 4 is 35.1 Å². The molecule has 1 aliphatic rings. The van der Waals surface area contributed by atoms with E-state index in [9.17, 15) is 10.2 Å². The first kappa shape index (κ1) is 45.0. The largest absolute Gasteiger partial charge is 0.413 e. The maximum Gasteiger partial charge on any atom is 0.261 e. The second-order valence-electron chi connectivity index (χ2n) is 18.2. The van der Waals surface area contributed by atoms with Gasteiger partial charge in [0, 0.05) is 40.0 Å². The first-order chi connectivity index (χ1) is 24.3. The van der Waals surface area contributed by atoms with Gasteiger partial charge in [-0.05, 0) is 58.9 Å². The average Bonchev–Trinajstić information content (AvgIpc) is 3.07. The normalized spacial score (nSPS) is 22.6. The molecule has 5 atom stereocenters. The Hall–Kier alpha value is -1.41. The van der Waals surface area contributed by atoms with Gasteiger partial charge in [0.25, 0.3) is 8.32 Å². The number of aliphatic hydroxyl groups is 2. The molecule has 2 N–H and O–H groups in total. The molecule has 0 saturated carbocycles. The number of hydrogen-bond acceptors (Lipinski definition) is 6. The summed E-state index contributed by atoms with van der Waals surface area (Å²) in [5, 5.41) is 24.6. The molecule has 3 rings (SSSR count). The molecule has 6 nitrogen and oxygen atoms in total. The fraction of sp³-hybridized carbons (Fsp3) is 0.674. The van der Waals surface area contributed by atoms with E-state index in [4.69, 9.17) is 18.3 Å². The van der Waals surface area contributed by atoms with Crippen LogP contribution >= 0.6 is 0 Å². The number of benzene rings is 2. The van der Waals surface area contributed by atoms with Gasteiger partial charge in [0.2, 0.25) is 0 Å². The Morgan fingerprint density at radius 1 is 0.904 bits per heavy atom. The van der Waals surface area contributed by atoms with E-state index in [-0.39, 0.29) is 30.0 Å². The molecule has 0 aliphatic carbocycles. The molecule has 9 heteroatoms. The minimum absolute atomic E-state index is 0.00800. The van der Waals surface area contributed by atoms with Crippen LogP contribution in [0.5, 0.6) is 0 Å². The van der Waals surface area contributed by atoms with E-state index in [0.29, 0.717) is 25.7 Å². The van der Waals surface area contributed by atoms with Crippen LogP contribution in [-0.2, 0) is 18.3 Å². The van der Waals surface area contributed by atoms with Gasteiger partial charge in [0.05, 0.1) is 24.4 Å². The summed E-state index contributed by atoms with van der Waals surface area (Å²) in [5.41, 5.74) is 0.522. The van der Waals surface area contributed by atoms with Gasteiger partial charge in [-0.15, -0.1) is 6.58 Å². The second-order valence-corrected chi connectivity index (χ2v) is 32.7. The number of rotatable bonds is 20. The Morgan fingerprint density at radius 3 is 1.85 bits per heavy atom. The quantitative estimate of drug-likeness (QED) is 0.103. The molecule has 52 heavy (non-hydrogen) atoms. The summed E-state index contributed by atoms with van der Waals surface area (Å²) in [7, 11) is -4.58. The minimum Gasteiger partial charge on any atom is -0.413 e. The van der Waals surface area contributed by atoms with Crippen molar-refractivity contribution in [2.24, 2.45) is 5.41 Å². The zero-order valence-corrected chi connectivity index (χ0v) is 37.9. The Bertz CT molecular complexity index is 1320. The van der Waals surface area contributed by atoms with Crippen LogP contribution in [0.15, 0.2) is 72.8 Å². The summed E-state index contributed by atoms with van der Waals surface area (Å²) < 4.78 is 28.6. The Balaban J connectivity index is 2.06. The third-order valence-electron chi connectivity index (χ3n) is 11.9. The van der Waals surface area contributed by atoms with Crippen molar-refractivity contribution in [1.82, 2.24) is 0 Å². The summed E-state index contributed by atoms with van der Waals surface area (Å²) in [6, 6.07) is 25.5. The highest BCUT2D eigenvalue weighted by Gasteiger charge is 2.58.